The summed E-state index contributed by atoms with van der Waals surface area (Å²) < 4.78 is 1.55. The predicted molar refractivity (Wildman–Crippen MR) is 96.4 cm³/mol. The van der Waals surface area contributed by atoms with Crippen LogP contribution in [0.4, 0.5) is 0 Å². The van der Waals surface area contributed by atoms with Crippen LogP contribution in [0.1, 0.15) is 25.7 Å². The molecule has 2 fully saturated rings. The zero-order chi connectivity index (χ0) is 17.4. The molecule has 0 N–H and O–H groups in total. The van der Waals surface area contributed by atoms with Crippen LogP contribution in [0.2, 0.25) is 0 Å². The molecule has 4 rings (SSSR count). The second kappa shape index (κ2) is 6.59. The minimum absolute atomic E-state index is 0.0428. The lowest BCUT2D eigenvalue weighted by molar-refractivity contribution is -0.133. The average Bonchev–Trinajstić information content (AvgIpc) is 3.25. The molecule has 2 aliphatic heterocycles. The van der Waals surface area contributed by atoms with Crippen LogP contribution in [0.3, 0.4) is 0 Å². The van der Waals surface area contributed by atoms with Crippen molar-refractivity contribution in [2.75, 3.05) is 20.1 Å². The Labute approximate surface area is 147 Å². The summed E-state index contributed by atoms with van der Waals surface area (Å²) in [6, 6.07) is 8.21. The molecule has 0 aliphatic carbocycles. The average molecular weight is 340 g/mol. The van der Waals surface area contributed by atoms with E-state index in [1.807, 2.05) is 29.2 Å². The molecule has 132 valence electrons. The molecule has 6 heteroatoms. The van der Waals surface area contributed by atoms with Gasteiger partial charge in [-0.15, -0.1) is 0 Å². The van der Waals surface area contributed by atoms with Crippen molar-refractivity contribution in [3.63, 3.8) is 0 Å². The van der Waals surface area contributed by atoms with Crippen molar-refractivity contribution in [2.45, 2.75) is 44.3 Å². The fourth-order valence-electron chi connectivity index (χ4n) is 4.43. The number of rotatable bonds is 3. The van der Waals surface area contributed by atoms with Gasteiger partial charge in [0, 0.05) is 18.6 Å². The van der Waals surface area contributed by atoms with Crippen LogP contribution < -0.4 is 5.56 Å². The largest absolute Gasteiger partial charge is 0.337 e. The van der Waals surface area contributed by atoms with Gasteiger partial charge in [-0.1, -0.05) is 12.1 Å². The summed E-state index contributed by atoms with van der Waals surface area (Å²) >= 11 is 0. The van der Waals surface area contributed by atoms with Gasteiger partial charge < -0.3 is 9.80 Å². The standard InChI is InChI=1S/C19H24N4O2/c1-21-10-4-8-16(21)17-9-5-11-22(17)19(25)13-23-15-7-3-2-6-14(15)20-12-18(23)24/h2-3,6-7,12,16-17H,4-5,8-11,13H2,1H3/t16-,17-/m0/s1. The summed E-state index contributed by atoms with van der Waals surface area (Å²) in [5, 5.41) is 0. The van der Waals surface area contributed by atoms with Gasteiger partial charge in [-0.25, -0.2) is 4.98 Å². The van der Waals surface area contributed by atoms with Crippen LogP contribution in [-0.4, -0.2) is 57.5 Å². The second-order valence-corrected chi connectivity index (χ2v) is 7.16. The number of nitrogens with zero attached hydrogens (tertiary/aromatic N) is 4. The van der Waals surface area contributed by atoms with Crippen molar-refractivity contribution in [3.8, 4) is 0 Å². The van der Waals surface area contributed by atoms with Gasteiger partial charge in [0.15, 0.2) is 0 Å². The normalized spacial score (nSPS) is 24.3. The summed E-state index contributed by atoms with van der Waals surface area (Å²) in [7, 11) is 2.15. The fraction of sp³-hybridized carbons (Fsp3) is 0.526. The van der Waals surface area contributed by atoms with Crippen LogP contribution in [0.25, 0.3) is 11.0 Å². The molecule has 2 aliphatic rings. The van der Waals surface area contributed by atoms with Gasteiger partial charge in [-0.05, 0) is 51.4 Å². The fourth-order valence-corrected chi connectivity index (χ4v) is 4.43. The smallest absolute Gasteiger partial charge is 0.269 e. The van der Waals surface area contributed by atoms with E-state index in [0.29, 0.717) is 6.04 Å². The number of likely N-dealkylation sites (tertiary alicyclic amines) is 2. The predicted octanol–water partition coefficient (Wildman–Crippen LogP) is 1.48. The number of carbonyl (C=O) groups excluding carboxylic acids is 1. The summed E-state index contributed by atoms with van der Waals surface area (Å²) in [5.74, 6) is 0.0428. The molecule has 25 heavy (non-hydrogen) atoms. The third kappa shape index (κ3) is 2.95. The Balaban J connectivity index is 1.60. The molecular formula is C19H24N4O2. The molecule has 3 heterocycles. The van der Waals surface area contributed by atoms with Crippen molar-refractivity contribution in [1.29, 1.82) is 0 Å². The molecule has 1 amide bonds. The van der Waals surface area contributed by atoms with Gasteiger partial charge in [0.05, 0.1) is 17.2 Å². The lowest BCUT2D eigenvalue weighted by Crippen LogP contribution is -2.48. The van der Waals surface area contributed by atoms with E-state index in [9.17, 15) is 9.59 Å². The zero-order valence-electron chi connectivity index (χ0n) is 14.6. The van der Waals surface area contributed by atoms with E-state index in [2.05, 4.69) is 16.9 Å². The number of aromatic nitrogens is 2. The highest BCUT2D eigenvalue weighted by Crippen LogP contribution is 2.29. The Hall–Kier alpha value is -2.21. The number of benzene rings is 1. The van der Waals surface area contributed by atoms with Crippen LogP contribution in [-0.2, 0) is 11.3 Å². The number of fused-ring (bicyclic) bond motifs is 1. The lowest BCUT2D eigenvalue weighted by Gasteiger charge is -2.33. The number of hydrogen-bond donors (Lipinski definition) is 0. The van der Waals surface area contributed by atoms with Crippen molar-refractivity contribution in [3.05, 3.63) is 40.8 Å². The molecule has 1 aromatic heterocycles. The first kappa shape index (κ1) is 16.3. The first-order valence-electron chi connectivity index (χ1n) is 9.09. The Morgan fingerprint density at radius 2 is 1.92 bits per heavy atom. The third-order valence-corrected chi connectivity index (χ3v) is 5.69. The van der Waals surface area contributed by atoms with E-state index < -0.39 is 0 Å². The molecule has 6 nitrogen and oxygen atoms in total. The quantitative estimate of drug-likeness (QED) is 0.849. The topological polar surface area (TPSA) is 58.4 Å². The minimum atomic E-state index is -0.221. The molecule has 2 atom stereocenters. The molecule has 0 bridgehead atoms. The zero-order valence-corrected chi connectivity index (χ0v) is 14.6. The Bertz CT molecular complexity index is 847. The summed E-state index contributed by atoms with van der Waals surface area (Å²) in [6.45, 7) is 2.00. The molecule has 0 saturated carbocycles. The maximum atomic E-state index is 13.0. The van der Waals surface area contributed by atoms with E-state index in [0.717, 1.165) is 43.4 Å². The first-order valence-corrected chi connectivity index (χ1v) is 9.09. The number of para-hydroxylation sites is 2. The summed E-state index contributed by atoms with van der Waals surface area (Å²) in [4.78, 5) is 33.9. The SMILES string of the molecule is CN1CCC[C@H]1[C@@H]1CCCN1C(=O)Cn1c(=O)cnc2ccccc21. The molecule has 0 unspecified atom stereocenters. The van der Waals surface area contributed by atoms with E-state index in [4.69, 9.17) is 0 Å². The van der Waals surface area contributed by atoms with Gasteiger partial charge in [-0.3, -0.25) is 14.2 Å². The van der Waals surface area contributed by atoms with Crippen molar-refractivity contribution < 1.29 is 4.79 Å². The monoisotopic (exact) mass is 340 g/mol. The Morgan fingerprint density at radius 1 is 1.16 bits per heavy atom. The van der Waals surface area contributed by atoms with E-state index in [-0.39, 0.29) is 24.1 Å². The molecular weight excluding hydrogens is 316 g/mol. The highest BCUT2D eigenvalue weighted by Gasteiger charge is 2.38. The maximum Gasteiger partial charge on any atom is 0.269 e. The van der Waals surface area contributed by atoms with Crippen molar-refractivity contribution >= 4 is 16.9 Å². The highest BCUT2D eigenvalue weighted by atomic mass is 16.2. The maximum absolute atomic E-state index is 13.0. The van der Waals surface area contributed by atoms with Crippen molar-refractivity contribution in [2.24, 2.45) is 0 Å². The number of amides is 1. The van der Waals surface area contributed by atoms with Crippen molar-refractivity contribution in [1.82, 2.24) is 19.4 Å². The van der Waals surface area contributed by atoms with Crippen LogP contribution >= 0.6 is 0 Å². The molecule has 0 spiro atoms. The van der Waals surface area contributed by atoms with Gasteiger partial charge in [-0.2, -0.15) is 0 Å². The molecule has 1 aromatic carbocycles. The van der Waals surface area contributed by atoms with Gasteiger partial charge in [0.2, 0.25) is 5.91 Å². The minimum Gasteiger partial charge on any atom is -0.337 e. The Morgan fingerprint density at radius 3 is 2.72 bits per heavy atom. The first-order chi connectivity index (χ1) is 12.1. The van der Waals surface area contributed by atoms with E-state index >= 15 is 0 Å². The lowest BCUT2D eigenvalue weighted by atomic mass is 10.0. The van der Waals surface area contributed by atoms with Gasteiger partial charge in [0.25, 0.3) is 5.56 Å². The number of hydrogen-bond acceptors (Lipinski definition) is 4. The Kier molecular flexibility index (Phi) is 4.29. The van der Waals surface area contributed by atoms with Gasteiger partial charge in [0.1, 0.15) is 6.54 Å². The number of likely N-dealkylation sites (N-methyl/N-ethyl adjacent to an activating group) is 1. The van der Waals surface area contributed by atoms with E-state index in [1.165, 1.54) is 12.6 Å². The summed E-state index contributed by atoms with van der Waals surface area (Å²) in [6.07, 6.45) is 5.78. The molecule has 2 saturated heterocycles. The highest BCUT2D eigenvalue weighted by molar-refractivity contribution is 5.80. The van der Waals surface area contributed by atoms with Crippen LogP contribution in [0.15, 0.2) is 35.3 Å². The van der Waals surface area contributed by atoms with Crippen LogP contribution in [0.5, 0.6) is 0 Å². The molecule has 0 radical (unpaired) electrons. The number of carbonyl (C=O) groups is 1. The van der Waals surface area contributed by atoms with Crippen LogP contribution in [0, 0.1) is 0 Å². The van der Waals surface area contributed by atoms with Gasteiger partial charge >= 0.3 is 0 Å². The summed E-state index contributed by atoms with van der Waals surface area (Å²) in [5.41, 5.74) is 1.24. The van der Waals surface area contributed by atoms with E-state index in [1.54, 1.807) is 4.57 Å². The second-order valence-electron chi connectivity index (χ2n) is 7.16. The third-order valence-electron chi connectivity index (χ3n) is 5.69. The molecule has 2 aromatic rings.